The van der Waals surface area contributed by atoms with Crippen molar-refractivity contribution in [2.24, 2.45) is 17.3 Å². The number of hydrogen-bond acceptors (Lipinski definition) is 2. The number of nitrogens with one attached hydrogen (secondary N) is 1. The lowest BCUT2D eigenvalue weighted by molar-refractivity contribution is -0.132. The summed E-state index contributed by atoms with van der Waals surface area (Å²) in [5, 5.41) is 12.4. The zero-order chi connectivity index (χ0) is 15.5. The molecule has 1 saturated carbocycles. The monoisotopic (exact) mass is 289 g/mol. The highest BCUT2D eigenvalue weighted by atomic mass is 16.3. The lowest BCUT2D eigenvalue weighted by Gasteiger charge is -2.41. The van der Waals surface area contributed by atoms with Crippen LogP contribution < -0.4 is 5.32 Å². The van der Waals surface area contributed by atoms with E-state index in [4.69, 9.17) is 0 Å². The van der Waals surface area contributed by atoms with Gasteiger partial charge in [-0.2, -0.15) is 0 Å². The molecule has 1 aliphatic rings. The average Bonchev–Trinajstić information content (AvgIpc) is 2.40. The number of phenols is 1. The molecule has 1 amide bonds. The smallest absolute Gasteiger partial charge is 0.223 e. The summed E-state index contributed by atoms with van der Waals surface area (Å²) in [5.74, 6) is 1.06. The van der Waals surface area contributed by atoms with Gasteiger partial charge in [0, 0.05) is 12.5 Å². The number of aromatic hydroxyl groups is 1. The fourth-order valence-electron chi connectivity index (χ4n) is 3.69. The fourth-order valence-corrected chi connectivity index (χ4v) is 3.69. The molecule has 1 fully saturated rings. The number of amides is 1. The largest absolute Gasteiger partial charge is 0.508 e. The second-order valence-corrected chi connectivity index (χ2v) is 7.04. The predicted molar refractivity (Wildman–Crippen MR) is 85.1 cm³/mol. The Morgan fingerprint density at radius 3 is 2.62 bits per heavy atom. The van der Waals surface area contributed by atoms with Gasteiger partial charge in [0.15, 0.2) is 0 Å². The molecule has 0 unspecified atom stereocenters. The molecule has 2 rings (SSSR count). The molecule has 3 nitrogen and oxygen atoms in total. The van der Waals surface area contributed by atoms with E-state index in [2.05, 4.69) is 26.1 Å². The average molecular weight is 289 g/mol. The van der Waals surface area contributed by atoms with E-state index in [1.165, 1.54) is 6.42 Å². The summed E-state index contributed by atoms with van der Waals surface area (Å²) in [5.41, 5.74) is 1.23. The molecule has 1 aromatic rings. The molecule has 0 spiro atoms. The topological polar surface area (TPSA) is 49.3 Å². The van der Waals surface area contributed by atoms with Crippen LogP contribution in [0.2, 0.25) is 0 Å². The molecule has 0 radical (unpaired) electrons. The van der Waals surface area contributed by atoms with Crippen molar-refractivity contribution < 1.29 is 9.90 Å². The Bertz CT molecular complexity index is 478. The van der Waals surface area contributed by atoms with E-state index >= 15 is 0 Å². The Labute approximate surface area is 127 Å². The number of benzene rings is 1. The third kappa shape index (κ3) is 3.99. The molecule has 1 aliphatic carbocycles. The highest BCUT2D eigenvalue weighted by Gasteiger charge is 2.41. The summed E-state index contributed by atoms with van der Waals surface area (Å²) >= 11 is 0. The first kappa shape index (κ1) is 15.9. The van der Waals surface area contributed by atoms with Crippen LogP contribution >= 0.6 is 0 Å². The quantitative estimate of drug-likeness (QED) is 0.891. The lowest BCUT2D eigenvalue weighted by Crippen LogP contribution is -2.45. The number of carbonyl (C=O) groups is 1. The van der Waals surface area contributed by atoms with E-state index in [9.17, 15) is 9.90 Å². The van der Waals surface area contributed by atoms with Crippen LogP contribution in [-0.4, -0.2) is 17.6 Å². The van der Waals surface area contributed by atoms with Crippen molar-refractivity contribution in [2.45, 2.75) is 46.5 Å². The Morgan fingerprint density at radius 1 is 1.33 bits per heavy atom. The first-order valence-corrected chi connectivity index (χ1v) is 7.96. The van der Waals surface area contributed by atoms with Gasteiger partial charge < -0.3 is 10.4 Å². The van der Waals surface area contributed by atoms with E-state index < -0.39 is 0 Å². The highest BCUT2D eigenvalue weighted by molar-refractivity contribution is 5.79. The maximum Gasteiger partial charge on any atom is 0.223 e. The van der Waals surface area contributed by atoms with Crippen molar-refractivity contribution in [3.63, 3.8) is 0 Å². The first-order chi connectivity index (χ1) is 9.90. The van der Waals surface area contributed by atoms with Crippen LogP contribution in [-0.2, 0) is 11.2 Å². The molecule has 0 aliphatic heterocycles. The third-order valence-electron chi connectivity index (χ3n) is 4.82. The van der Waals surface area contributed by atoms with Crippen LogP contribution in [0.15, 0.2) is 24.3 Å². The van der Waals surface area contributed by atoms with Crippen molar-refractivity contribution in [1.29, 1.82) is 0 Å². The van der Waals surface area contributed by atoms with E-state index in [1.54, 1.807) is 12.1 Å². The van der Waals surface area contributed by atoms with E-state index in [-0.39, 0.29) is 23.0 Å². The van der Waals surface area contributed by atoms with E-state index in [0.717, 1.165) is 24.8 Å². The van der Waals surface area contributed by atoms with Gasteiger partial charge in [-0.25, -0.2) is 0 Å². The summed E-state index contributed by atoms with van der Waals surface area (Å²) in [6, 6.07) is 7.16. The lowest BCUT2D eigenvalue weighted by atomic mass is 9.64. The maximum absolute atomic E-state index is 12.5. The summed E-state index contributed by atoms with van der Waals surface area (Å²) < 4.78 is 0. The van der Waals surface area contributed by atoms with Crippen molar-refractivity contribution in [3.05, 3.63) is 29.8 Å². The van der Waals surface area contributed by atoms with Crippen molar-refractivity contribution >= 4 is 5.91 Å². The van der Waals surface area contributed by atoms with Crippen LogP contribution in [0.25, 0.3) is 0 Å². The van der Waals surface area contributed by atoms with Crippen LogP contribution in [0, 0.1) is 17.3 Å². The minimum atomic E-state index is 0.0975. The molecule has 21 heavy (non-hydrogen) atoms. The molecular weight excluding hydrogens is 262 g/mol. The highest BCUT2D eigenvalue weighted by Crippen LogP contribution is 2.43. The Morgan fingerprint density at radius 2 is 2.00 bits per heavy atom. The standard InChI is InChI=1S/C18H27NO2/c1-13-5-4-11-18(2,3)16(13)17(21)19-12-10-14-6-8-15(20)9-7-14/h6-9,13,16,20H,4-5,10-12H2,1-3H3,(H,19,21)/t13-,16-/m1/s1. The molecule has 1 aromatic carbocycles. The van der Waals surface area contributed by atoms with Gasteiger partial charge in [0.1, 0.15) is 5.75 Å². The third-order valence-corrected chi connectivity index (χ3v) is 4.82. The van der Waals surface area contributed by atoms with Crippen molar-refractivity contribution in [1.82, 2.24) is 5.32 Å². The zero-order valence-corrected chi connectivity index (χ0v) is 13.4. The minimum absolute atomic E-state index is 0.0975. The van der Waals surface area contributed by atoms with E-state index in [0.29, 0.717) is 12.5 Å². The van der Waals surface area contributed by atoms with Crippen molar-refractivity contribution in [3.8, 4) is 5.75 Å². The van der Waals surface area contributed by atoms with Gasteiger partial charge in [-0.15, -0.1) is 0 Å². The van der Waals surface area contributed by atoms with E-state index in [1.807, 2.05) is 12.1 Å². The summed E-state index contributed by atoms with van der Waals surface area (Å²) in [4.78, 5) is 12.5. The molecule has 0 bridgehead atoms. The van der Waals surface area contributed by atoms with Crippen LogP contribution in [0.4, 0.5) is 0 Å². The van der Waals surface area contributed by atoms with Gasteiger partial charge >= 0.3 is 0 Å². The summed E-state index contributed by atoms with van der Waals surface area (Å²) in [6.45, 7) is 7.29. The summed E-state index contributed by atoms with van der Waals surface area (Å²) in [7, 11) is 0. The normalized spacial score (nSPS) is 24.5. The molecule has 3 heteroatoms. The van der Waals surface area contributed by atoms with Crippen LogP contribution in [0.5, 0.6) is 5.75 Å². The maximum atomic E-state index is 12.5. The molecule has 2 atom stereocenters. The van der Waals surface area contributed by atoms with Gasteiger partial charge in [0.05, 0.1) is 0 Å². The molecular formula is C18H27NO2. The zero-order valence-electron chi connectivity index (χ0n) is 13.4. The Kier molecular flexibility index (Phi) is 4.92. The molecule has 0 saturated heterocycles. The van der Waals surface area contributed by atoms with Gasteiger partial charge in [-0.1, -0.05) is 39.3 Å². The Hall–Kier alpha value is -1.51. The van der Waals surface area contributed by atoms with Crippen LogP contribution in [0.3, 0.4) is 0 Å². The molecule has 116 valence electrons. The predicted octanol–water partition coefficient (Wildman–Crippen LogP) is 3.51. The van der Waals surface area contributed by atoms with Gasteiger partial charge in [0.25, 0.3) is 0 Å². The number of rotatable bonds is 4. The fraction of sp³-hybridized carbons (Fsp3) is 0.611. The first-order valence-electron chi connectivity index (χ1n) is 7.96. The van der Waals surface area contributed by atoms with Crippen LogP contribution in [0.1, 0.15) is 45.6 Å². The molecule has 0 aromatic heterocycles. The molecule has 0 heterocycles. The Balaban J connectivity index is 1.87. The van der Waals surface area contributed by atoms with Crippen molar-refractivity contribution in [2.75, 3.05) is 6.54 Å². The second kappa shape index (κ2) is 6.50. The number of carbonyl (C=O) groups excluding carboxylic acids is 1. The van der Waals surface area contributed by atoms with Gasteiger partial charge in [-0.3, -0.25) is 4.79 Å². The molecule has 2 N–H and O–H groups in total. The summed E-state index contributed by atoms with van der Waals surface area (Å²) in [6.07, 6.45) is 4.31. The number of phenolic OH excluding ortho intramolecular Hbond substituents is 1. The van der Waals surface area contributed by atoms with Gasteiger partial charge in [0.2, 0.25) is 5.91 Å². The van der Waals surface area contributed by atoms with Gasteiger partial charge in [-0.05, 0) is 48.3 Å². The minimum Gasteiger partial charge on any atom is -0.508 e. The number of hydrogen-bond donors (Lipinski definition) is 2. The SMILES string of the molecule is C[C@@H]1CCCC(C)(C)[C@H]1C(=O)NCCc1ccc(O)cc1. The second-order valence-electron chi connectivity index (χ2n) is 7.04.